The number of phenolic OH excluding ortho intramolecular Hbond substituents is 1. The van der Waals surface area contributed by atoms with Gasteiger partial charge in [-0.05, 0) is 90.0 Å². The minimum Gasteiger partial charge on any atom is -0.508 e. The Hall–Kier alpha value is -0.670. The number of hydrogen-bond acceptors (Lipinski definition) is 5. The van der Waals surface area contributed by atoms with Gasteiger partial charge in [0, 0.05) is 16.8 Å². The molecule has 3 N–H and O–H groups in total. The molecule has 1 heterocycles. The maximum Gasteiger partial charge on any atom is 0.171 e. The quantitative estimate of drug-likeness (QED) is 0.233. The van der Waals surface area contributed by atoms with Crippen molar-refractivity contribution in [2.75, 3.05) is 30.3 Å². The zero-order valence-electron chi connectivity index (χ0n) is 17.1. The van der Waals surface area contributed by atoms with Crippen LogP contribution in [0.2, 0.25) is 0 Å². The number of benzene rings is 2. The summed E-state index contributed by atoms with van der Waals surface area (Å²) in [4.78, 5) is 1.52. The van der Waals surface area contributed by atoms with Crippen LogP contribution in [0.25, 0.3) is 0 Å². The molecule has 0 saturated carbocycles. The molecule has 2 atom stereocenters. The smallest absolute Gasteiger partial charge is 0.171 e. The number of nitrogens with one attached hydrogen (secondary N) is 2. The van der Waals surface area contributed by atoms with Gasteiger partial charge in [-0.2, -0.15) is 11.8 Å². The summed E-state index contributed by atoms with van der Waals surface area (Å²) in [7, 11) is -0.174. The minimum atomic E-state index is -0.174. The van der Waals surface area contributed by atoms with Gasteiger partial charge in [-0.15, -0.1) is 23.5 Å². The number of thioether (sulfide) groups is 3. The van der Waals surface area contributed by atoms with Crippen molar-refractivity contribution < 1.29 is 5.11 Å². The zero-order chi connectivity index (χ0) is 21.0. The van der Waals surface area contributed by atoms with Crippen LogP contribution in [-0.4, -0.2) is 39.8 Å². The fourth-order valence-electron chi connectivity index (χ4n) is 3.54. The van der Waals surface area contributed by atoms with Crippen molar-refractivity contribution in [3.63, 3.8) is 0 Å². The van der Waals surface area contributed by atoms with Crippen LogP contribution < -0.4 is 10.6 Å². The standard InChI is InChI=1S/C21H28N2OS5/c1-26-19-12-21(27-2,28-3)17-11-15(7-10-18(17)29(19)4)23-20(25)22-13-14-5-8-16(24)9-6-14/h5-11,19,24,29H,12-13H2,1-4H3,(H2,22,23,25). The van der Waals surface area contributed by atoms with Crippen molar-refractivity contribution in [3.8, 4) is 5.75 Å². The molecular formula is C21H28N2OS5. The molecule has 0 bridgehead atoms. The number of phenols is 1. The second kappa shape index (κ2) is 10.1. The number of rotatable bonds is 6. The Labute approximate surface area is 194 Å². The third-order valence-corrected chi connectivity index (χ3v) is 13.1. The van der Waals surface area contributed by atoms with Gasteiger partial charge in [-0.3, -0.25) is 0 Å². The van der Waals surface area contributed by atoms with E-state index in [1.54, 1.807) is 12.1 Å². The van der Waals surface area contributed by atoms with Gasteiger partial charge < -0.3 is 15.7 Å². The van der Waals surface area contributed by atoms with Crippen LogP contribution in [0.4, 0.5) is 5.69 Å². The van der Waals surface area contributed by atoms with Crippen LogP contribution in [-0.2, 0) is 10.6 Å². The number of thiol groups is 1. The molecule has 2 unspecified atom stereocenters. The minimum absolute atomic E-state index is 0.0939. The Morgan fingerprint density at radius 2 is 1.86 bits per heavy atom. The van der Waals surface area contributed by atoms with E-state index in [0.717, 1.165) is 11.3 Å². The Morgan fingerprint density at radius 3 is 2.48 bits per heavy atom. The molecule has 2 aromatic carbocycles. The molecule has 1 aliphatic heterocycles. The number of aromatic hydroxyl groups is 1. The van der Waals surface area contributed by atoms with E-state index < -0.39 is 0 Å². The molecule has 0 spiro atoms. The molecule has 158 valence electrons. The van der Waals surface area contributed by atoms with Gasteiger partial charge in [0.1, 0.15) is 5.75 Å². The second-order valence-electron chi connectivity index (χ2n) is 6.87. The Balaban J connectivity index is 1.76. The first-order chi connectivity index (χ1) is 13.9. The molecule has 3 rings (SSSR count). The molecule has 0 fully saturated rings. The molecule has 0 radical (unpaired) electrons. The molecule has 2 aromatic rings. The van der Waals surface area contributed by atoms with Gasteiger partial charge in [-0.1, -0.05) is 12.1 Å². The van der Waals surface area contributed by atoms with E-state index in [1.165, 1.54) is 16.9 Å². The Bertz CT molecular complexity index is 855. The van der Waals surface area contributed by atoms with Crippen molar-refractivity contribution in [2.45, 2.75) is 26.5 Å². The Morgan fingerprint density at radius 1 is 1.17 bits per heavy atom. The lowest BCUT2D eigenvalue weighted by Crippen LogP contribution is -2.30. The number of anilines is 1. The van der Waals surface area contributed by atoms with Crippen molar-refractivity contribution in [3.05, 3.63) is 53.6 Å². The molecule has 8 heteroatoms. The van der Waals surface area contributed by atoms with E-state index in [-0.39, 0.29) is 20.7 Å². The molecule has 0 amide bonds. The molecule has 0 aliphatic carbocycles. The van der Waals surface area contributed by atoms with Gasteiger partial charge in [0.05, 0.1) is 4.08 Å². The van der Waals surface area contributed by atoms with Crippen molar-refractivity contribution in [1.29, 1.82) is 0 Å². The fourth-order valence-corrected chi connectivity index (χ4v) is 10.3. The molecule has 0 aromatic heterocycles. The highest BCUT2D eigenvalue weighted by atomic mass is 32.2. The van der Waals surface area contributed by atoms with Crippen molar-refractivity contribution in [1.82, 2.24) is 5.32 Å². The van der Waals surface area contributed by atoms with Crippen LogP contribution in [0.15, 0.2) is 47.4 Å². The van der Waals surface area contributed by atoms with Gasteiger partial charge in [0.2, 0.25) is 0 Å². The first-order valence-corrected chi connectivity index (χ1v) is 15.3. The highest BCUT2D eigenvalue weighted by Gasteiger charge is 2.41. The van der Waals surface area contributed by atoms with Crippen LogP contribution in [0.3, 0.4) is 0 Å². The lowest BCUT2D eigenvalue weighted by molar-refractivity contribution is 0.475. The SMILES string of the molecule is CSC1CC(SC)(SC)c2cc(NC(=S)NCc3ccc(O)cc3)ccc2[SH]1C. The van der Waals surface area contributed by atoms with E-state index in [2.05, 4.69) is 53.9 Å². The van der Waals surface area contributed by atoms with E-state index in [0.29, 0.717) is 16.2 Å². The monoisotopic (exact) mass is 484 g/mol. The number of thiocarbonyl (C=S) groups is 1. The summed E-state index contributed by atoms with van der Waals surface area (Å²) in [6, 6.07) is 13.9. The lowest BCUT2D eigenvalue weighted by Gasteiger charge is -2.45. The van der Waals surface area contributed by atoms with Crippen LogP contribution in [0, 0.1) is 0 Å². The molecular weight excluding hydrogens is 457 g/mol. The molecule has 29 heavy (non-hydrogen) atoms. The topological polar surface area (TPSA) is 44.3 Å². The van der Waals surface area contributed by atoms with E-state index in [4.69, 9.17) is 12.2 Å². The summed E-state index contributed by atoms with van der Waals surface area (Å²) >= 11 is 11.4. The lowest BCUT2D eigenvalue weighted by atomic mass is 10.1. The maximum atomic E-state index is 9.40. The third-order valence-electron chi connectivity index (χ3n) is 5.24. The average molecular weight is 485 g/mol. The molecule has 1 aliphatic rings. The first kappa shape index (κ1) is 23.0. The van der Waals surface area contributed by atoms with E-state index >= 15 is 0 Å². The van der Waals surface area contributed by atoms with Crippen LogP contribution in [0.5, 0.6) is 5.75 Å². The van der Waals surface area contributed by atoms with E-state index in [9.17, 15) is 5.11 Å². The fraction of sp³-hybridized carbons (Fsp3) is 0.381. The van der Waals surface area contributed by atoms with E-state index in [1.807, 2.05) is 47.4 Å². The summed E-state index contributed by atoms with van der Waals surface area (Å²) in [5.41, 5.74) is 3.55. The largest absolute Gasteiger partial charge is 0.508 e. The molecule has 3 nitrogen and oxygen atoms in total. The third kappa shape index (κ3) is 5.15. The predicted molar refractivity (Wildman–Crippen MR) is 141 cm³/mol. The first-order valence-electron chi connectivity index (χ1n) is 9.25. The highest BCUT2D eigenvalue weighted by Crippen LogP contribution is 2.62. The predicted octanol–water partition coefficient (Wildman–Crippen LogP) is 5.84. The summed E-state index contributed by atoms with van der Waals surface area (Å²) in [5.74, 6) is 0.272. The van der Waals surface area contributed by atoms with Gasteiger partial charge in [0.25, 0.3) is 0 Å². The summed E-state index contributed by atoms with van der Waals surface area (Å²) < 4.78 is 0.792. The normalized spacial score (nSPS) is 21.2. The van der Waals surface area contributed by atoms with Gasteiger partial charge >= 0.3 is 0 Å². The summed E-state index contributed by atoms with van der Waals surface area (Å²) in [6.07, 6.45) is 10.3. The summed E-state index contributed by atoms with van der Waals surface area (Å²) in [5, 5.41) is 16.6. The van der Waals surface area contributed by atoms with Crippen molar-refractivity contribution >= 4 is 69.2 Å². The second-order valence-corrected chi connectivity index (χ2v) is 13.5. The van der Waals surface area contributed by atoms with Crippen LogP contribution in [0.1, 0.15) is 17.5 Å². The summed E-state index contributed by atoms with van der Waals surface area (Å²) in [6.45, 7) is 0.617. The molecule has 0 saturated heterocycles. The number of hydrogen-bond donors (Lipinski definition) is 4. The Kier molecular flexibility index (Phi) is 8.00. The maximum absolute atomic E-state index is 9.40. The average Bonchev–Trinajstić information content (AvgIpc) is 2.74. The van der Waals surface area contributed by atoms with Gasteiger partial charge in [-0.25, -0.2) is 10.9 Å². The van der Waals surface area contributed by atoms with Crippen LogP contribution >= 0.6 is 58.4 Å². The number of fused-ring (bicyclic) bond motifs is 1. The van der Waals surface area contributed by atoms with Crippen molar-refractivity contribution in [2.24, 2.45) is 0 Å². The van der Waals surface area contributed by atoms with Gasteiger partial charge in [0.15, 0.2) is 5.11 Å². The zero-order valence-corrected chi connectivity index (χ0v) is 21.2. The highest BCUT2D eigenvalue weighted by molar-refractivity contribution is 8.27.